The number of hydrogen-bond donors (Lipinski definition) is 4. The average molecular weight is 517 g/mol. The molecule has 1 aliphatic heterocycles. The molecule has 1 saturated heterocycles. The zero-order valence-electron chi connectivity index (χ0n) is 22.2. The van der Waals surface area contributed by atoms with Crippen LogP contribution in [0.15, 0.2) is 35.4 Å². The third-order valence-corrected chi connectivity index (χ3v) is 6.92. The molecule has 4 N–H and O–H groups in total. The summed E-state index contributed by atoms with van der Waals surface area (Å²) in [5, 5.41) is 15.9. The van der Waals surface area contributed by atoms with E-state index in [2.05, 4.69) is 46.0 Å². The van der Waals surface area contributed by atoms with Crippen LogP contribution in [0.25, 0.3) is 0 Å². The minimum Gasteiger partial charge on any atom is -0.394 e. The van der Waals surface area contributed by atoms with Gasteiger partial charge in [-0.3, -0.25) is 9.52 Å². The highest BCUT2D eigenvalue weighted by Crippen LogP contribution is 2.27. The molecule has 0 radical (unpaired) electrons. The molecule has 0 saturated carbocycles. The number of aromatic nitrogens is 2. The molecule has 3 rings (SSSR count). The third kappa shape index (κ3) is 8.33. The summed E-state index contributed by atoms with van der Waals surface area (Å²) in [6.07, 6.45) is 3.46. The summed E-state index contributed by atoms with van der Waals surface area (Å²) < 4.78 is 8.72. The van der Waals surface area contributed by atoms with Gasteiger partial charge in [-0.2, -0.15) is 0 Å². The Morgan fingerprint density at radius 3 is 2.58 bits per heavy atom. The van der Waals surface area contributed by atoms with E-state index in [0.717, 1.165) is 37.4 Å². The molecule has 1 amide bonds. The van der Waals surface area contributed by atoms with Crippen LogP contribution in [0.2, 0.25) is 0 Å². The second kappa shape index (κ2) is 12.2. The molecule has 1 aromatic heterocycles. The molecule has 10 heteroatoms. The summed E-state index contributed by atoms with van der Waals surface area (Å²) in [6, 6.07) is 7.71. The second-order valence-electron chi connectivity index (χ2n) is 10.9. The SMILES string of the molecule is COCC1CCN(c2nc(NC(C)(C)CO)cnc2C(=O)Nc2cccc(SNC(C)(C)C)c2)CC1. The van der Waals surface area contributed by atoms with Crippen LogP contribution in [-0.4, -0.2) is 65.5 Å². The van der Waals surface area contributed by atoms with Crippen molar-refractivity contribution in [2.24, 2.45) is 5.92 Å². The van der Waals surface area contributed by atoms with Crippen molar-refractivity contribution in [2.45, 2.75) is 63.4 Å². The fourth-order valence-electron chi connectivity index (χ4n) is 3.79. The van der Waals surface area contributed by atoms with Gasteiger partial charge in [-0.15, -0.1) is 0 Å². The zero-order chi connectivity index (χ0) is 26.3. The number of carbonyl (C=O) groups excluding carboxylic acids is 1. The van der Waals surface area contributed by atoms with Gasteiger partial charge in [0.2, 0.25) is 0 Å². The van der Waals surface area contributed by atoms with Crippen LogP contribution in [0, 0.1) is 5.92 Å². The second-order valence-corrected chi connectivity index (χ2v) is 11.8. The molecule has 0 atom stereocenters. The van der Waals surface area contributed by atoms with E-state index in [-0.39, 0.29) is 23.7 Å². The van der Waals surface area contributed by atoms with Gasteiger partial charge >= 0.3 is 0 Å². The lowest BCUT2D eigenvalue weighted by Crippen LogP contribution is -2.38. The molecular formula is C26H40N6O3S. The monoisotopic (exact) mass is 516 g/mol. The van der Waals surface area contributed by atoms with E-state index in [1.807, 2.05) is 38.1 Å². The van der Waals surface area contributed by atoms with Gasteiger partial charge in [-0.05, 0) is 83.5 Å². The van der Waals surface area contributed by atoms with Crippen molar-refractivity contribution in [3.8, 4) is 0 Å². The van der Waals surface area contributed by atoms with Gasteiger partial charge in [-0.1, -0.05) is 6.07 Å². The minimum absolute atomic E-state index is 0.0362. The summed E-state index contributed by atoms with van der Waals surface area (Å²) in [7, 11) is 1.73. The minimum atomic E-state index is -0.569. The Morgan fingerprint density at radius 1 is 1.22 bits per heavy atom. The Balaban J connectivity index is 1.82. The van der Waals surface area contributed by atoms with Crippen molar-refractivity contribution < 1.29 is 14.6 Å². The molecular weight excluding hydrogens is 476 g/mol. The highest BCUT2D eigenvalue weighted by molar-refractivity contribution is 7.97. The van der Waals surface area contributed by atoms with Gasteiger partial charge in [0.25, 0.3) is 5.91 Å². The van der Waals surface area contributed by atoms with Crippen molar-refractivity contribution in [3.63, 3.8) is 0 Å². The number of nitrogens with zero attached hydrogens (tertiary/aromatic N) is 3. The number of aliphatic hydroxyl groups excluding tert-OH is 1. The zero-order valence-corrected chi connectivity index (χ0v) is 23.0. The lowest BCUT2D eigenvalue weighted by molar-refractivity contribution is 0.102. The van der Waals surface area contributed by atoms with E-state index in [9.17, 15) is 9.90 Å². The summed E-state index contributed by atoms with van der Waals surface area (Å²) in [6.45, 7) is 12.3. The molecule has 9 nitrogen and oxygen atoms in total. The number of hydrogen-bond acceptors (Lipinski definition) is 9. The van der Waals surface area contributed by atoms with E-state index in [1.54, 1.807) is 13.3 Å². The number of piperidine rings is 1. The molecule has 1 fully saturated rings. The Morgan fingerprint density at radius 2 is 1.94 bits per heavy atom. The van der Waals surface area contributed by atoms with E-state index in [0.29, 0.717) is 23.2 Å². The molecule has 0 unspecified atom stereocenters. The summed E-state index contributed by atoms with van der Waals surface area (Å²) in [5.74, 6) is 1.25. The number of amides is 1. The molecule has 2 heterocycles. The van der Waals surface area contributed by atoms with E-state index >= 15 is 0 Å². The first-order valence-electron chi connectivity index (χ1n) is 12.3. The van der Waals surface area contributed by atoms with Crippen molar-refractivity contribution in [2.75, 3.05) is 48.9 Å². The summed E-state index contributed by atoms with van der Waals surface area (Å²) in [4.78, 5) is 25.8. The quantitative estimate of drug-likeness (QED) is 0.346. The predicted octanol–water partition coefficient (Wildman–Crippen LogP) is 4.17. The van der Waals surface area contributed by atoms with Crippen molar-refractivity contribution in [1.29, 1.82) is 0 Å². The lowest BCUT2D eigenvalue weighted by atomic mass is 9.98. The molecule has 1 aliphatic rings. The largest absolute Gasteiger partial charge is 0.394 e. The van der Waals surface area contributed by atoms with Crippen molar-refractivity contribution in [3.05, 3.63) is 36.2 Å². The van der Waals surface area contributed by atoms with E-state index in [1.165, 1.54) is 11.9 Å². The number of methoxy groups -OCH3 is 1. The summed E-state index contributed by atoms with van der Waals surface area (Å²) in [5.41, 5.74) is 0.362. The molecule has 36 heavy (non-hydrogen) atoms. The van der Waals surface area contributed by atoms with E-state index < -0.39 is 5.54 Å². The Kier molecular flexibility index (Phi) is 9.57. The van der Waals surface area contributed by atoms with Crippen molar-refractivity contribution in [1.82, 2.24) is 14.7 Å². The highest BCUT2D eigenvalue weighted by atomic mass is 32.2. The number of carbonyl (C=O) groups is 1. The van der Waals surface area contributed by atoms with Gasteiger partial charge in [0.1, 0.15) is 5.82 Å². The first-order valence-corrected chi connectivity index (χ1v) is 13.2. The van der Waals surface area contributed by atoms with Gasteiger partial charge < -0.3 is 25.4 Å². The van der Waals surface area contributed by atoms with Crippen molar-refractivity contribution >= 4 is 35.2 Å². The lowest BCUT2D eigenvalue weighted by Gasteiger charge is -2.33. The maximum Gasteiger partial charge on any atom is 0.278 e. The Hall–Kier alpha value is -2.40. The maximum absolute atomic E-state index is 13.4. The first-order chi connectivity index (χ1) is 17.0. The van der Waals surface area contributed by atoms with Crippen LogP contribution in [0.3, 0.4) is 0 Å². The summed E-state index contributed by atoms with van der Waals surface area (Å²) >= 11 is 1.53. The average Bonchev–Trinajstić information content (AvgIpc) is 2.83. The fraction of sp³-hybridized carbons (Fsp3) is 0.577. The van der Waals surface area contributed by atoms with Crippen LogP contribution in [0.4, 0.5) is 17.3 Å². The maximum atomic E-state index is 13.4. The number of rotatable bonds is 10. The number of benzene rings is 1. The molecule has 198 valence electrons. The molecule has 0 aliphatic carbocycles. The molecule has 0 spiro atoms. The number of nitrogens with one attached hydrogen (secondary N) is 3. The normalized spacial score (nSPS) is 15.1. The number of anilines is 3. The predicted molar refractivity (Wildman–Crippen MR) is 147 cm³/mol. The standard InChI is InChI=1S/C26H40N6O3S/c1-25(2,3)31-36-20-9-7-8-19(14-20)28-24(34)22-23(32-12-10-18(11-13-32)16-35-6)29-21(15-27-22)30-26(4,5)17-33/h7-9,14-15,18,31,33H,10-13,16-17H2,1-6H3,(H,28,34)(H,29,30). The van der Waals surface area contributed by atoms with Crippen LogP contribution in [-0.2, 0) is 4.74 Å². The molecule has 0 bridgehead atoms. The van der Waals surface area contributed by atoms with Crippen LogP contribution in [0.1, 0.15) is 57.9 Å². The molecule has 1 aromatic carbocycles. The topological polar surface area (TPSA) is 112 Å². The fourth-order valence-corrected chi connectivity index (χ4v) is 4.55. The molecule has 2 aromatic rings. The van der Waals surface area contributed by atoms with E-state index in [4.69, 9.17) is 9.72 Å². The van der Waals surface area contributed by atoms with Gasteiger partial charge in [-0.25, -0.2) is 9.97 Å². The van der Waals surface area contributed by atoms with Crippen LogP contribution in [0.5, 0.6) is 0 Å². The van der Waals surface area contributed by atoms with Gasteiger partial charge in [0.05, 0.1) is 18.3 Å². The Labute approximate surface area is 218 Å². The van der Waals surface area contributed by atoms with Gasteiger partial charge in [0, 0.05) is 42.9 Å². The third-order valence-electron chi connectivity index (χ3n) is 5.71. The van der Waals surface area contributed by atoms with Gasteiger partial charge in [0.15, 0.2) is 11.5 Å². The van der Waals surface area contributed by atoms with Crippen LogP contribution >= 0.6 is 11.9 Å². The Bertz CT molecular complexity index is 1020. The number of ether oxygens (including phenoxy) is 1. The smallest absolute Gasteiger partial charge is 0.278 e. The highest BCUT2D eigenvalue weighted by Gasteiger charge is 2.27. The van der Waals surface area contributed by atoms with Crippen LogP contribution < -0.4 is 20.3 Å². The first kappa shape index (κ1) is 28.2. The number of aliphatic hydroxyl groups is 1.